The zero-order chi connectivity index (χ0) is 20.7. The Morgan fingerprint density at radius 1 is 1.25 bits per heavy atom. The molecule has 1 aromatic carbocycles. The third-order valence-corrected chi connectivity index (χ3v) is 5.07. The summed E-state index contributed by atoms with van der Waals surface area (Å²) in [6.07, 6.45) is 0. The van der Waals surface area contributed by atoms with E-state index in [4.69, 9.17) is 18.7 Å². The summed E-state index contributed by atoms with van der Waals surface area (Å²) in [4.78, 5) is 12.3. The number of ether oxygens (including phenoxy) is 3. The molecule has 1 atom stereocenters. The number of thioether (sulfide) groups is 1. The van der Waals surface area contributed by atoms with Gasteiger partial charge in [-0.1, -0.05) is 5.16 Å². The standard InChI is InChI=1S/C19H23N3O5S/c1-11-14(12(2)27-22-11)9-28-10-18(23)21-15(8-20)13-6-16(24-3)19(26-5)17(7-13)25-4/h6-7,15H,9-10H2,1-5H3,(H,21,23). The number of hydrogen-bond acceptors (Lipinski definition) is 8. The Labute approximate surface area is 168 Å². The second kappa shape index (κ2) is 9.90. The number of carbonyl (C=O) groups excluding carboxylic acids is 1. The van der Waals surface area contributed by atoms with Gasteiger partial charge in [-0.3, -0.25) is 4.79 Å². The van der Waals surface area contributed by atoms with E-state index in [2.05, 4.69) is 16.5 Å². The van der Waals surface area contributed by atoms with Crippen LogP contribution in [0.15, 0.2) is 16.7 Å². The first-order valence-electron chi connectivity index (χ1n) is 8.43. The molecule has 8 nitrogen and oxygen atoms in total. The fourth-order valence-corrected chi connectivity index (χ4v) is 3.60. The molecule has 1 amide bonds. The van der Waals surface area contributed by atoms with Crippen LogP contribution in [0.3, 0.4) is 0 Å². The molecule has 0 aliphatic carbocycles. The lowest BCUT2D eigenvalue weighted by molar-refractivity contribution is -0.118. The molecule has 0 saturated carbocycles. The first-order valence-corrected chi connectivity index (χ1v) is 9.59. The summed E-state index contributed by atoms with van der Waals surface area (Å²) in [5, 5.41) is 16.1. The molecule has 1 aromatic heterocycles. The zero-order valence-electron chi connectivity index (χ0n) is 16.5. The molecule has 0 bridgehead atoms. The van der Waals surface area contributed by atoms with E-state index >= 15 is 0 Å². The molecule has 0 spiro atoms. The van der Waals surface area contributed by atoms with Gasteiger partial charge in [0, 0.05) is 11.3 Å². The summed E-state index contributed by atoms with van der Waals surface area (Å²) in [5.41, 5.74) is 2.35. The third-order valence-electron chi connectivity index (χ3n) is 4.12. The number of amides is 1. The first-order chi connectivity index (χ1) is 13.4. The van der Waals surface area contributed by atoms with Crippen molar-refractivity contribution in [2.24, 2.45) is 0 Å². The van der Waals surface area contributed by atoms with Crippen LogP contribution in [0, 0.1) is 25.2 Å². The lowest BCUT2D eigenvalue weighted by Gasteiger charge is -2.17. The zero-order valence-corrected chi connectivity index (χ0v) is 17.3. The largest absolute Gasteiger partial charge is 0.493 e. The number of nitrogens with one attached hydrogen (secondary N) is 1. The van der Waals surface area contributed by atoms with Crippen molar-refractivity contribution in [1.82, 2.24) is 10.5 Å². The summed E-state index contributed by atoms with van der Waals surface area (Å²) in [5.74, 6) is 2.56. The monoisotopic (exact) mass is 405 g/mol. The molecule has 0 aliphatic heterocycles. The minimum atomic E-state index is -0.846. The SMILES string of the molecule is COc1cc(C(C#N)NC(=O)CSCc2c(C)noc2C)cc(OC)c1OC. The number of rotatable bonds is 9. The van der Waals surface area contributed by atoms with Crippen molar-refractivity contribution in [3.8, 4) is 23.3 Å². The Hall–Kier alpha value is -2.86. The smallest absolute Gasteiger partial charge is 0.231 e. The van der Waals surface area contributed by atoms with Crippen molar-refractivity contribution in [2.75, 3.05) is 27.1 Å². The molecular weight excluding hydrogens is 382 g/mol. The predicted molar refractivity (Wildman–Crippen MR) is 105 cm³/mol. The fraction of sp³-hybridized carbons (Fsp3) is 0.421. The molecule has 9 heteroatoms. The summed E-state index contributed by atoms with van der Waals surface area (Å²) < 4.78 is 21.0. The van der Waals surface area contributed by atoms with Crippen molar-refractivity contribution < 1.29 is 23.5 Å². The molecule has 0 fully saturated rings. The van der Waals surface area contributed by atoms with Crippen molar-refractivity contribution in [2.45, 2.75) is 25.6 Å². The van der Waals surface area contributed by atoms with Crippen LogP contribution in [-0.2, 0) is 10.5 Å². The highest BCUT2D eigenvalue weighted by atomic mass is 32.2. The number of nitriles is 1. The lowest BCUT2D eigenvalue weighted by Crippen LogP contribution is -2.29. The van der Waals surface area contributed by atoms with Gasteiger partial charge in [0.15, 0.2) is 11.5 Å². The first kappa shape index (κ1) is 21.4. The summed E-state index contributed by atoms with van der Waals surface area (Å²) in [6.45, 7) is 3.70. The van der Waals surface area contributed by atoms with Crippen LogP contribution in [0.5, 0.6) is 17.2 Å². The predicted octanol–water partition coefficient (Wildman–Crippen LogP) is 2.93. The molecule has 2 aromatic rings. The molecule has 0 aliphatic rings. The minimum absolute atomic E-state index is 0.201. The van der Waals surface area contributed by atoms with E-state index < -0.39 is 6.04 Å². The van der Waals surface area contributed by atoms with Crippen molar-refractivity contribution in [3.05, 3.63) is 34.7 Å². The van der Waals surface area contributed by atoms with Gasteiger partial charge in [-0.05, 0) is 31.5 Å². The second-order valence-electron chi connectivity index (χ2n) is 5.88. The van der Waals surface area contributed by atoms with E-state index in [-0.39, 0.29) is 11.7 Å². The number of hydrogen-bond donors (Lipinski definition) is 1. The number of nitrogens with zero attached hydrogens (tertiary/aromatic N) is 2. The number of benzene rings is 1. The molecule has 1 N–H and O–H groups in total. The summed E-state index contributed by atoms with van der Waals surface area (Å²) in [7, 11) is 4.48. The Morgan fingerprint density at radius 2 is 1.89 bits per heavy atom. The van der Waals surface area contributed by atoms with Crippen molar-refractivity contribution in [1.29, 1.82) is 5.26 Å². The van der Waals surface area contributed by atoms with Crippen LogP contribution in [0.25, 0.3) is 0 Å². The van der Waals surface area contributed by atoms with E-state index in [1.807, 2.05) is 13.8 Å². The van der Waals surface area contributed by atoms with Crippen LogP contribution >= 0.6 is 11.8 Å². The average molecular weight is 405 g/mol. The van der Waals surface area contributed by atoms with E-state index in [1.165, 1.54) is 33.1 Å². The highest BCUT2D eigenvalue weighted by Gasteiger charge is 2.20. The van der Waals surface area contributed by atoms with Gasteiger partial charge in [0.2, 0.25) is 11.7 Å². The quantitative estimate of drug-likeness (QED) is 0.679. The van der Waals surface area contributed by atoms with Gasteiger partial charge in [-0.15, -0.1) is 11.8 Å². The lowest BCUT2D eigenvalue weighted by atomic mass is 10.1. The Kier molecular flexibility index (Phi) is 7.58. The van der Waals surface area contributed by atoms with Gasteiger partial charge in [0.25, 0.3) is 0 Å². The van der Waals surface area contributed by atoms with Crippen LogP contribution in [0.1, 0.15) is 28.6 Å². The maximum Gasteiger partial charge on any atom is 0.231 e. The number of methoxy groups -OCH3 is 3. The molecule has 1 unspecified atom stereocenters. The van der Waals surface area contributed by atoms with Gasteiger partial charge in [-0.25, -0.2) is 0 Å². The highest BCUT2D eigenvalue weighted by molar-refractivity contribution is 7.99. The van der Waals surface area contributed by atoms with Crippen LogP contribution < -0.4 is 19.5 Å². The molecule has 28 heavy (non-hydrogen) atoms. The van der Waals surface area contributed by atoms with Crippen LogP contribution in [-0.4, -0.2) is 38.1 Å². The topological polar surface area (TPSA) is 107 Å². The Balaban J connectivity index is 2.05. The second-order valence-corrected chi connectivity index (χ2v) is 6.87. The van der Waals surface area contributed by atoms with Gasteiger partial charge in [0.05, 0.1) is 38.8 Å². The minimum Gasteiger partial charge on any atom is -0.493 e. The normalized spacial score (nSPS) is 11.4. The average Bonchev–Trinajstić information content (AvgIpc) is 3.02. The van der Waals surface area contributed by atoms with Gasteiger partial charge in [0.1, 0.15) is 11.8 Å². The van der Waals surface area contributed by atoms with Crippen molar-refractivity contribution >= 4 is 17.7 Å². The third kappa shape index (κ3) is 4.89. The van der Waals surface area contributed by atoms with Gasteiger partial charge < -0.3 is 24.1 Å². The number of aryl methyl sites for hydroxylation is 2. The molecule has 0 radical (unpaired) electrons. The number of aromatic nitrogens is 1. The van der Waals surface area contributed by atoms with E-state index in [1.54, 1.807) is 12.1 Å². The number of carbonyl (C=O) groups is 1. The molecular formula is C19H23N3O5S. The van der Waals surface area contributed by atoms with Gasteiger partial charge >= 0.3 is 0 Å². The Bertz CT molecular complexity index is 830. The molecule has 150 valence electrons. The fourth-order valence-electron chi connectivity index (χ4n) is 2.61. The maximum atomic E-state index is 12.3. The molecule has 1 heterocycles. The van der Waals surface area contributed by atoms with E-state index in [0.29, 0.717) is 28.6 Å². The Morgan fingerprint density at radius 3 is 2.36 bits per heavy atom. The van der Waals surface area contributed by atoms with Crippen molar-refractivity contribution in [3.63, 3.8) is 0 Å². The van der Waals surface area contributed by atoms with Gasteiger partial charge in [-0.2, -0.15) is 5.26 Å². The highest BCUT2D eigenvalue weighted by Crippen LogP contribution is 2.39. The van der Waals surface area contributed by atoms with Crippen LogP contribution in [0.2, 0.25) is 0 Å². The van der Waals surface area contributed by atoms with Crippen LogP contribution in [0.4, 0.5) is 0 Å². The molecule has 2 rings (SSSR count). The van der Waals surface area contributed by atoms with E-state index in [9.17, 15) is 10.1 Å². The summed E-state index contributed by atoms with van der Waals surface area (Å²) >= 11 is 1.43. The molecule has 0 saturated heterocycles. The summed E-state index contributed by atoms with van der Waals surface area (Å²) in [6, 6.07) is 4.54. The maximum absolute atomic E-state index is 12.3. The van der Waals surface area contributed by atoms with E-state index in [0.717, 1.165) is 17.0 Å².